The van der Waals surface area contributed by atoms with E-state index in [1.165, 1.54) is 6.08 Å². The van der Waals surface area contributed by atoms with Gasteiger partial charge >= 0.3 is 5.97 Å². The molecule has 2 rings (SSSR count). The van der Waals surface area contributed by atoms with E-state index >= 15 is 0 Å². The number of carbonyl (C=O) groups is 1. The summed E-state index contributed by atoms with van der Waals surface area (Å²) < 4.78 is 7.66. The minimum Gasteiger partial charge on any atom is -0.491 e. The highest BCUT2D eigenvalue weighted by atomic mass is 16.5. The van der Waals surface area contributed by atoms with Crippen LogP contribution in [0.2, 0.25) is 0 Å². The van der Waals surface area contributed by atoms with Crippen molar-refractivity contribution in [1.29, 1.82) is 0 Å². The zero-order valence-corrected chi connectivity index (χ0v) is 11.8. The molecule has 0 aliphatic heterocycles. The van der Waals surface area contributed by atoms with Crippen LogP contribution < -0.4 is 4.74 Å². The summed E-state index contributed by atoms with van der Waals surface area (Å²) in [7, 11) is 0. The Morgan fingerprint density at radius 3 is 3.05 bits per heavy atom. The second kappa shape index (κ2) is 7.23. The number of pyridine rings is 1. The van der Waals surface area contributed by atoms with Gasteiger partial charge in [-0.3, -0.25) is 0 Å². The predicted molar refractivity (Wildman–Crippen MR) is 78.0 cm³/mol. The van der Waals surface area contributed by atoms with E-state index in [1.807, 2.05) is 23.8 Å². The van der Waals surface area contributed by atoms with Crippen molar-refractivity contribution < 1.29 is 14.6 Å². The van der Waals surface area contributed by atoms with Crippen LogP contribution in [0.1, 0.15) is 17.8 Å². The van der Waals surface area contributed by atoms with Gasteiger partial charge in [-0.25, -0.2) is 14.8 Å². The quantitative estimate of drug-likeness (QED) is 0.623. The van der Waals surface area contributed by atoms with Gasteiger partial charge in [0.2, 0.25) is 0 Å². The molecule has 6 nitrogen and oxygen atoms in total. The van der Waals surface area contributed by atoms with Crippen molar-refractivity contribution in [3.8, 4) is 5.75 Å². The van der Waals surface area contributed by atoms with Crippen molar-refractivity contribution in [2.45, 2.75) is 19.9 Å². The summed E-state index contributed by atoms with van der Waals surface area (Å²) in [5.41, 5.74) is 1.34. The summed E-state index contributed by atoms with van der Waals surface area (Å²) in [6.07, 6.45) is 8.72. The Balaban J connectivity index is 1.93. The van der Waals surface area contributed by atoms with Crippen LogP contribution in [-0.4, -0.2) is 32.2 Å². The third-order valence-electron chi connectivity index (χ3n) is 2.79. The maximum absolute atomic E-state index is 10.6. The molecular weight excluding hydrogens is 270 g/mol. The van der Waals surface area contributed by atoms with Gasteiger partial charge in [-0.15, -0.1) is 0 Å². The molecule has 0 atom stereocenters. The molecule has 2 aromatic rings. The van der Waals surface area contributed by atoms with E-state index in [0.29, 0.717) is 18.1 Å². The molecule has 2 heterocycles. The maximum atomic E-state index is 10.6. The van der Waals surface area contributed by atoms with Gasteiger partial charge in [-0.1, -0.05) is 0 Å². The highest BCUT2D eigenvalue weighted by Gasteiger charge is 2.04. The van der Waals surface area contributed by atoms with Gasteiger partial charge in [-0.05, 0) is 31.6 Å². The van der Waals surface area contributed by atoms with Crippen LogP contribution in [0.3, 0.4) is 0 Å². The fraction of sp³-hybridized carbons (Fsp3) is 0.267. The highest BCUT2D eigenvalue weighted by Crippen LogP contribution is 2.18. The lowest BCUT2D eigenvalue weighted by Gasteiger charge is -2.09. The third-order valence-corrected chi connectivity index (χ3v) is 2.79. The van der Waals surface area contributed by atoms with E-state index in [-0.39, 0.29) is 0 Å². The van der Waals surface area contributed by atoms with E-state index < -0.39 is 5.97 Å². The fourth-order valence-electron chi connectivity index (χ4n) is 1.80. The first-order valence-electron chi connectivity index (χ1n) is 6.62. The average Bonchev–Trinajstić information content (AvgIpc) is 2.96. The number of imidazole rings is 1. The predicted octanol–water partition coefficient (Wildman–Crippen LogP) is 2.15. The molecule has 0 unspecified atom stereocenters. The molecule has 0 aliphatic carbocycles. The lowest BCUT2D eigenvalue weighted by molar-refractivity contribution is -0.131. The topological polar surface area (TPSA) is 77.2 Å². The summed E-state index contributed by atoms with van der Waals surface area (Å²) in [5, 5.41) is 8.69. The molecule has 0 aliphatic rings. The largest absolute Gasteiger partial charge is 0.491 e. The van der Waals surface area contributed by atoms with Gasteiger partial charge in [0.05, 0.1) is 12.9 Å². The fourth-order valence-corrected chi connectivity index (χ4v) is 1.80. The minimum absolute atomic E-state index is 0.525. The van der Waals surface area contributed by atoms with Crippen LogP contribution in [0.25, 0.3) is 6.08 Å². The standard InChI is InChI=1S/C15H17N3O3/c1-12-3-5-14(13(17-12)4-6-15(19)20)21-10-2-8-18-9-7-16-11-18/h3-7,9,11H,2,8,10H2,1H3,(H,19,20). The molecule has 0 saturated carbocycles. The van der Waals surface area contributed by atoms with Crippen molar-refractivity contribution in [3.05, 3.63) is 48.3 Å². The molecule has 0 amide bonds. The van der Waals surface area contributed by atoms with Gasteiger partial charge in [0, 0.05) is 30.7 Å². The molecule has 0 saturated heterocycles. The first kappa shape index (κ1) is 14.8. The number of carboxylic acid groups (broad SMARTS) is 1. The van der Waals surface area contributed by atoms with Gasteiger partial charge in [0.15, 0.2) is 0 Å². The molecule has 110 valence electrons. The van der Waals surface area contributed by atoms with Crippen LogP contribution >= 0.6 is 0 Å². The number of nitrogens with zero attached hydrogens (tertiary/aromatic N) is 3. The van der Waals surface area contributed by atoms with Crippen LogP contribution in [0.5, 0.6) is 5.75 Å². The van der Waals surface area contributed by atoms with Crippen LogP contribution in [0.4, 0.5) is 0 Å². The van der Waals surface area contributed by atoms with Crippen molar-refractivity contribution in [3.63, 3.8) is 0 Å². The molecule has 0 spiro atoms. The summed E-state index contributed by atoms with van der Waals surface area (Å²) in [6, 6.07) is 3.64. The molecular formula is C15H17N3O3. The summed E-state index contributed by atoms with van der Waals surface area (Å²) in [6.45, 7) is 3.19. The Morgan fingerprint density at radius 2 is 2.33 bits per heavy atom. The molecule has 0 bridgehead atoms. The first-order valence-corrected chi connectivity index (χ1v) is 6.62. The number of aliphatic carboxylic acids is 1. The van der Waals surface area contributed by atoms with Crippen molar-refractivity contribution in [2.24, 2.45) is 0 Å². The average molecular weight is 287 g/mol. The van der Waals surface area contributed by atoms with Gasteiger partial charge in [-0.2, -0.15) is 0 Å². The number of rotatable bonds is 7. The Kier molecular flexibility index (Phi) is 5.09. The summed E-state index contributed by atoms with van der Waals surface area (Å²) in [5.74, 6) is -0.423. The van der Waals surface area contributed by atoms with Crippen LogP contribution in [-0.2, 0) is 11.3 Å². The number of hydrogen-bond acceptors (Lipinski definition) is 4. The number of ether oxygens (including phenoxy) is 1. The Morgan fingerprint density at radius 1 is 1.48 bits per heavy atom. The Bertz CT molecular complexity index is 621. The maximum Gasteiger partial charge on any atom is 0.328 e. The van der Waals surface area contributed by atoms with E-state index in [2.05, 4.69) is 9.97 Å². The molecule has 0 aromatic carbocycles. The van der Waals surface area contributed by atoms with E-state index in [1.54, 1.807) is 18.6 Å². The second-order valence-electron chi connectivity index (χ2n) is 4.51. The lowest BCUT2D eigenvalue weighted by atomic mass is 10.2. The molecule has 21 heavy (non-hydrogen) atoms. The molecule has 2 aromatic heterocycles. The Hall–Kier alpha value is -2.63. The molecule has 0 radical (unpaired) electrons. The summed E-state index contributed by atoms with van der Waals surface area (Å²) >= 11 is 0. The van der Waals surface area contributed by atoms with Gasteiger partial charge in [0.1, 0.15) is 11.4 Å². The monoisotopic (exact) mass is 287 g/mol. The first-order chi connectivity index (χ1) is 10.1. The van der Waals surface area contributed by atoms with Crippen molar-refractivity contribution >= 4 is 12.0 Å². The van der Waals surface area contributed by atoms with Crippen molar-refractivity contribution in [2.75, 3.05) is 6.61 Å². The van der Waals surface area contributed by atoms with Crippen molar-refractivity contribution in [1.82, 2.24) is 14.5 Å². The molecule has 6 heteroatoms. The zero-order chi connectivity index (χ0) is 15.1. The van der Waals surface area contributed by atoms with E-state index in [0.717, 1.165) is 24.7 Å². The third kappa shape index (κ3) is 4.76. The number of hydrogen-bond donors (Lipinski definition) is 1. The van der Waals surface area contributed by atoms with E-state index in [9.17, 15) is 4.79 Å². The van der Waals surface area contributed by atoms with Gasteiger partial charge < -0.3 is 14.4 Å². The van der Waals surface area contributed by atoms with Crippen LogP contribution in [0, 0.1) is 6.92 Å². The summed E-state index contributed by atoms with van der Waals surface area (Å²) in [4.78, 5) is 18.9. The van der Waals surface area contributed by atoms with Crippen LogP contribution in [0.15, 0.2) is 36.9 Å². The SMILES string of the molecule is Cc1ccc(OCCCn2ccnc2)c(C=CC(=O)O)n1. The Labute approximate surface area is 122 Å². The second-order valence-corrected chi connectivity index (χ2v) is 4.51. The van der Waals surface area contributed by atoms with Gasteiger partial charge in [0.25, 0.3) is 0 Å². The number of carboxylic acids is 1. The number of aromatic nitrogens is 3. The molecule has 1 N–H and O–H groups in total. The minimum atomic E-state index is -1.01. The molecule has 0 fully saturated rings. The number of aryl methyl sites for hydroxylation is 2. The lowest BCUT2D eigenvalue weighted by Crippen LogP contribution is -2.04. The van der Waals surface area contributed by atoms with E-state index in [4.69, 9.17) is 9.84 Å². The normalized spacial score (nSPS) is 10.9. The smallest absolute Gasteiger partial charge is 0.328 e. The highest BCUT2D eigenvalue weighted by molar-refractivity contribution is 5.85. The zero-order valence-electron chi connectivity index (χ0n) is 11.8.